The smallest absolute Gasteiger partial charge is 0.339 e. The lowest BCUT2D eigenvalue weighted by Gasteiger charge is -2.09. The molecule has 2 rings (SSSR count). The molecule has 1 N–H and O–H groups in total. The number of rotatable bonds is 4. The van der Waals surface area contributed by atoms with Crippen molar-refractivity contribution in [2.45, 2.75) is 0 Å². The van der Waals surface area contributed by atoms with E-state index in [0.717, 1.165) is 0 Å². The van der Waals surface area contributed by atoms with E-state index in [4.69, 9.17) is 33.0 Å². The van der Waals surface area contributed by atoms with Gasteiger partial charge in [-0.2, -0.15) is 0 Å². The number of hydrogen-bond acceptors (Lipinski definition) is 4. The summed E-state index contributed by atoms with van der Waals surface area (Å²) in [5, 5.41) is 19.9. The molecule has 0 saturated heterocycles. The molecule has 0 fully saturated rings. The standard InChI is InChI=1S/C13H7Cl2NO5/c14-7-1-4-12(9(5-7)13(17)18)21-8-2-3-11(16(19)20)10(15)6-8/h1-6H,(H,17,18). The molecule has 0 aliphatic carbocycles. The molecule has 21 heavy (non-hydrogen) atoms. The molecule has 108 valence electrons. The van der Waals surface area contributed by atoms with Crippen molar-refractivity contribution in [3.8, 4) is 11.5 Å². The van der Waals surface area contributed by atoms with Crippen LogP contribution in [0.5, 0.6) is 11.5 Å². The lowest BCUT2D eigenvalue weighted by atomic mass is 10.2. The summed E-state index contributed by atoms with van der Waals surface area (Å²) in [6.07, 6.45) is 0. The van der Waals surface area contributed by atoms with Gasteiger partial charge in [0.1, 0.15) is 22.1 Å². The first-order valence-corrected chi connectivity index (χ1v) is 6.28. The number of benzene rings is 2. The van der Waals surface area contributed by atoms with Gasteiger partial charge in [-0.1, -0.05) is 23.2 Å². The minimum absolute atomic E-state index is 0.0526. The number of hydrogen-bond donors (Lipinski definition) is 1. The van der Waals surface area contributed by atoms with Crippen molar-refractivity contribution in [1.82, 2.24) is 0 Å². The number of carboxylic acids is 1. The third kappa shape index (κ3) is 3.42. The molecule has 2 aromatic rings. The lowest BCUT2D eigenvalue weighted by molar-refractivity contribution is -0.384. The Bertz CT molecular complexity index is 732. The molecule has 6 nitrogen and oxygen atoms in total. The van der Waals surface area contributed by atoms with Crippen LogP contribution in [0.1, 0.15) is 10.4 Å². The van der Waals surface area contributed by atoms with E-state index in [2.05, 4.69) is 0 Å². The van der Waals surface area contributed by atoms with Crippen LogP contribution >= 0.6 is 23.2 Å². The maximum atomic E-state index is 11.1. The normalized spacial score (nSPS) is 10.2. The highest BCUT2D eigenvalue weighted by Crippen LogP contribution is 2.33. The van der Waals surface area contributed by atoms with Crippen LogP contribution in [0.3, 0.4) is 0 Å². The number of halogens is 2. The Morgan fingerprint density at radius 3 is 2.48 bits per heavy atom. The van der Waals surface area contributed by atoms with Gasteiger partial charge in [0.05, 0.1) is 4.92 Å². The van der Waals surface area contributed by atoms with Crippen LogP contribution in [-0.2, 0) is 0 Å². The summed E-state index contributed by atoms with van der Waals surface area (Å²) < 4.78 is 5.39. The van der Waals surface area contributed by atoms with Crippen molar-refractivity contribution < 1.29 is 19.6 Å². The zero-order chi connectivity index (χ0) is 15.6. The second kappa shape index (κ2) is 5.99. The van der Waals surface area contributed by atoms with E-state index in [9.17, 15) is 14.9 Å². The third-order valence-electron chi connectivity index (χ3n) is 2.52. The van der Waals surface area contributed by atoms with Gasteiger partial charge in [-0.15, -0.1) is 0 Å². The highest BCUT2D eigenvalue weighted by atomic mass is 35.5. The van der Waals surface area contributed by atoms with Crippen LogP contribution < -0.4 is 4.74 Å². The maximum Gasteiger partial charge on any atom is 0.339 e. The summed E-state index contributed by atoms with van der Waals surface area (Å²) in [5.74, 6) is -0.979. The van der Waals surface area contributed by atoms with Gasteiger partial charge >= 0.3 is 5.97 Å². The molecular formula is C13H7Cl2NO5. The van der Waals surface area contributed by atoms with Crippen LogP contribution in [0.2, 0.25) is 10.0 Å². The molecule has 0 amide bonds. The first-order chi connectivity index (χ1) is 9.88. The van der Waals surface area contributed by atoms with Gasteiger partial charge in [-0.25, -0.2) is 4.79 Å². The van der Waals surface area contributed by atoms with Crippen molar-refractivity contribution >= 4 is 34.9 Å². The highest BCUT2D eigenvalue weighted by Gasteiger charge is 2.16. The van der Waals surface area contributed by atoms with Gasteiger partial charge in [0.25, 0.3) is 5.69 Å². The van der Waals surface area contributed by atoms with Gasteiger partial charge in [0.15, 0.2) is 0 Å². The zero-order valence-electron chi connectivity index (χ0n) is 10.2. The van der Waals surface area contributed by atoms with Crippen molar-refractivity contribution in [3.05, 3.63) is 62.1 Å². The molecular weight excluding hydrogens is 321 g/mol. The van der Waals surface area contributed by atoms with E-state index in [-0.39, 0.29) is 32.8 Å². The molecule has 0 spiro atoms. The Labute approximate surface area is 128 Å². The molecule has 0 radical (unpaired) electrons. The number of carbonyl (C=O) groups is 1. The fourth-order valence-corrected chi connectivity index (χ4v) is 2.00. The Balaban J connectivity index is 2.37. The molecule has 0 saturated carbocycles. The largest absolute Gasteiger partial charge is 0.478 e. The summed E-state index contributed by atoms with van der Waals surface area (Å²) in [7, 11) is 0. The SMILES string of the molecule is O=C(O)c1cc(Cl)ccc1Oc1ccc([N+](=O)[O-])c(Cl)c1. The summed E-state index contributed by atoms with van der Waals surface area (Å²) in [4.78, 5) is 21.2. The topological polar surface area (TPSA) is 89.7 Å². The third-order valence-corrected chi connectivity index (χ3v) is 3.05. The highest BCUT2D eigenvalue weighted by molar-refractivity contribution is 6.32. The van der Waals surface area contributed by atoms with E-state index in [1.54, 1.807) is 0 Å². The van der Waals surface area contributed by atoms with Crippen LogP contribution in [0.15, 0.2) is 36.4 Å². The molecule has 8 heteroatoms. The average Bonchev–Trinajstić information content (AvgIpc) is 2.40. The monoisotopic (exact) mass is 327 g/mol. The van der Waals surface area contributed by atoms with Gasteiger partial charge in [-0.05, 0) is 24.3 Å². The Hall–Kier alpha value is -2.31. The van der Waals surface area contributed by atoms with Crippen molar-refractivity contribution in [1.29, 1.82) is 0 Å². The molecule has 0 unspecified atom stereocenters. The molecule has 0 aromatic heterocycles. The number of aromatic carboxylic acids is 1. The number of ether oxygens (including phenoxy) is 1. The summed E-state index contributed by atoms with van der Waals surface area (Å²) >= 11 is 11.5. The fourth-order valence-electron chi connectivity index (χ4n) is 1.58. The molecule has 0 aliphatic heterocycles. The predicted molar refractivity (Wildman–Crippen MR) is 76.6 cm³/mol. The summed E-state index contributed by atoms with van der Waals surface area (Å²) in [6.45, 7) is 0. The van der Waals surface area contributed by atoms with Crippen LogP contribution in [0, 0.1) is 10.1 Å². The van der Waals surface area contributed by atoms with Gasteiger partial charge in [0, 0.05) is 17.2 Å². The molecule has 0 bridgehead atoms. The second-order valence-corrected chi connectivity index (χ2v) is 4.76. The molecule has 0 aliphatic rings. The predicted octanol–water partition coefficient (Wildman–Crippen LogP) is 4.39. The average molecular weight is 328 g/mol. The van der Waals surface area contributed by atoms with Crippen LogP contribution in [0.4, 0.5) is 5.69 Å². The van der Waals surface area contributed by atoms with E-state index in [1.165, 1.54) is 36.4 Å². The van der Waals surface area contributed by atoms with Crippen molar-refractivity contribution in [2.24, 2.45) is 0 Å². The Morgan fingerprint density at radius 2 is 1.90 bits per heavy atom. The zero-order valence-corrected chi connectivity index (χ0v) is 11.8. The Kier molecular flexibility index (Phi) is 4.30. The minimum atomic E-state index is -1.21. The molecule has 0 heterocycles. The summed E-state index contributed by atoms with van der Waals surface area (Å²) in [6, 6.07) is 7.84. The van der Waals surface area contributed by atoms with Gasteiger partial charge < -0.3 is 9.84 Å². The van der Waals surface area contributed by atoms with E-state index in [0.29, 0.717) is 0 Å². The van der Waals surface area contributed by atoms with Crippen LogP contribution in [-0.4, -0.2) is 16.0 Å². The van der Waals surface area contributed by atoms with Crippen molar-refractivity contribution in [2.75, 3.05) is 0 Å². The minimum Gasteiger partial charge on any atom is -0.478 e. The number of nitro benzene ring substituents is 1. The number of nitrogens with zero attached hydrogens (tertiary/aromatic N) is 1. The Morgan fingerprint density at radius 1 is 1.19 bits per heavy atom. The maximum absolute atomic E-state index is 11.1. The lowest BCUT2D eigenvalue weighted by Crippen LogP contribution is -2.00. The van der Waals surface area contributed by atoms with E-state index < -0.39 is 10.9 Å². The van der Waals surface area contributed by atoms with Gasteiger partial charge in [0.2, 0.25) is 0 Å². The second-order valence-electron chi connectivity index (χ2n) is 3.92. The first-order valence-electron chi connectivity index (χ1n) is 5.53. The summed E-state index contributed by atoms with van der Waals surface area (Å²) in [5.41, 5.74) is -0.393. The molecule has 0 atom stereocenters. The van der Waals surface area contributed by atoms with Crippen molar-refractivity contribution in [3.63, 3.8) is 0 Å². The van der Waals surface area contributed by atoms with E-state index >= 15 is 0 Å². The number of nitro groups is 1. The molecule has 2 aromatic carbocycles. The fraction of sp³-hybridized carbons (Fsp3) is 0. The number of carboxylic acid groups (broad SMARTS) is 1. The quantitative estimate of drug-likeness (QED) is 0.664. The van der Waals surface area contributed by atoms with E-state index in [1.807, 2.05) is 0 Å². The first kappa shape index (κ1) is 15.1. The van der Waals surface area contributed by atoms with Gasteiger partial charge in [-0.3, -0.25) is 10.1 Å². The van der Waals surface area contributed by atoms with Crippen LogP contribution in [0.25, 0.3) is 0 Å².